The molecule has 13 N–H and O–H groups in total. The Morgan fingerprint density at radius 3 is 1.70 bits per heavy atom. The van der Waals surface area contributed by atoms with Gasteiger partial charge in [-0.1, -0.05) is 0 Å². The predicted molar refractivity (Wildman–Crippen MR) is 188 cm³/mol. The van der Waals surface area contributed by atoms with E-state index in [1.165, 1.54) is 0 Å². The number of ether oxygens (including phenoxy) is 7. The van der Waals surface area contributed by atoms with Crippen LogP contribution >= 0.6 is 0 Å². The Morgan fingerprint density at radius 1 is 0.641 bits per heavy atom. The van der Waals surface area contributed by atoms with Gasteiger partial charge in [0.25, 0.3) is 0 Å². The molecule has 3 fully saturated rings. The number of aliphatic hydroxyl groups is 6. The zero-order valence-corrected chi connectivity index (χ0v) is 34.6. The van der Waals surface area contributed by atoms with Gasteiger partial charge in [-0.2, -0.15) is 25.3 Å². The third kappa shape index (κ3) is 13.8. The minimum Gasteiger partial charge on any atom is -0.479 e. The molecule has 2 amide bonds. The van der Waals surface area contributed by atoms with E-state index in [0.29, 0.717) is 6.08 Å². The number of rotatable bonds is 18. The van der Waals surface area contributed by atoms with Crippen molar-refractivity contribution in [1.29, 1.82) is 0 Å². The summed E-state index contributed by atoms with van der Waals surface area (Å²) in [7, 11) is -16.5. The zero-order valence-electron chi connectivity index (χ0n) is 32.2. The SMILES string of the molecule is CC(=O)N[C@@H]1[C@@H](O[C@@H]2O[C@H](C(=O)O)[C@@H](O[C@@H]3O[C@H](COS(=O)(=O)O)[C@H](O)[C@H](O[C@@H]4OC(C(=O)O)=C[C@H](O)[C@H]4OS(=O)(=O)O)[C@H]3NC(C)=O)[C@H](O)[C@H]2O)[C@@H](OS(=O)(=O)O)[C@@H](CO)O[C@H]1O. The molecule has 0 aliphatic carbocycles. The zero-order chi connectivity index (χ0) is 48.4. The second-order valence-electron chi connectivity index (χ2n) is 13.8. The lowest BCUT2D eigenvalue weighted by Gasteiger charge is -2.49. The van der Waals surface area contributed by atoms with Crippen molar-refractivity contribution in [2.24, 2.45) is 0 Å². The van der Waals surface area contributed by atoms with Crippen LogP contribution in [-0.2, 0) is 96.1 Å². The van der Waals surface area contributed by atoms with Crippen LogP contribution in [0.4, 0.5) is 0 Å². The first-order valence-corrected chi connectivity index (χ1v) is 21.8. The number of aliphatic hydroxyl groups excluding tert-OH is 6. The maximum Gasteiger partial charge on any atom is 0.397 e. The maximum absolute atomic E-state index is 12.7. The summed E-state index contributed by atoms with van der Waals surface area (Å²) in [5.41, 5.74) is 0. The van der Waals surface area contributed by atoms with E-state index in [1.807, 2.05) is 0 Å². The summed E-state index contributed by atoms with van der Waals surface area (Å²) in [5.74, 6) is -7.25. The van der Waals surface area contributed by atoms with Crippen molar-refractivity contribution >= 4 is 54.9 Å². The number of carboxylic acid groups (broad SMARTS) is 2. The van der Waals surface area contributed by atoms with E-state index in [4.69, 9.17) is 33.2 Å². The third-order valence-electron chi connectivity index (χ3n) is 9.15. The van der Waals surface area contributed by atoms with Crippen LogP contribution in [-0.4, -0.2) is 227 Å². The maximum atomic E-state index is 12.7. The van der Waals surface area contributed by atoms with Crippen molar-refractivity contribution in [3.63, 3.8) is 0 Å². The van der Waals surface area contributed by atoms with Crippen LogP contribution < -0.4 is 10.6 Å². The Hall–Kier alpha value is -3.45. The summed E-state index contributed by atoms with van der Waals surface area (Å²) in [6.07, 6.45) is -37.7. The van der Waals surface area contributed by atoms with Crippen LogP contribution in [0, 0.1) is 0 Å². The van der Waals surface area contributed by atoms with Crippen molar-refractivity contribution in [3.05, 3.63) is 11.8 Å². The summed E-state index contributed by atoms with van der Waals surface area (Å²) in [4.78, 5) is 49.0. The van der Waals surface area contributed by atoms with Gasteiger partial charge < -0.3 is 84.6 Å². The molecule has 64 heavy (non-hydrogen) atoms. The topological polar surface area (TPSA) is 510 Å². The molecule has 0 aromatic rings. The van der Waals surface area contributed by atoms with Gasteiger partial charge in [-0.25, -0.2) is 22.1 Å². The highest BCUT2D eigenvalue weighted by Gasteiger charge is 2.58. The Balaban J connectivity index is 1.75. The number of nitrogens with one attached hydrogen (secondary N) is 2. The molecular formula is C28H42N2O31S3. The summed E-state index contributed by atoms with van der Waals surface area (Å²) in [6, 6.07) is -4.10. The fourth-order valence-electron chi connectivity index (χ4n) is 6.62. The fraction of sp³-hybridized carbons (Fsp3) is 0.786. The molecule has 0 saturated carbocycles. The number of carboxylic acids is 2. The van der Waals surface area contributed by atoms with Gasteiger partial charge in [-0.15, -0.1) is 0 Å². The van der Waals surface area contributed by atoms with Gasteiger partial charge >= 0.3 is 43.1 Å². The highest BCUT2D eigenvalue weighted by atomic mass is 32.3. The van der Waals surface area contributed by atoms with Crippen molar-refractivity contribution in [2.45, 2.75) is 124 Å². The van der Waals surface area contributed by atoms with Crippen LogP contribution in [0.25, 0.3) is 0 Å². The van der Waals surface area contributed by atoms with Crippen LogP contribution in [0.3, 0.4) is 0 Å². The second kappa shape index (κ2) is 21.0. The minimum absolute atomic E-state index is 0.383. The van der Waals surface area contributed by atoms with Gasteiger partial charge in [0.1, 0.15) is 73.1 Å². The first-order valence-electron chi connectivity index (χ1n) is 17.7. The lowest BCUT2D eigenvalue weighted by molar-refractivity contribution is -0.362. The minimum atomic E-state index is -5.56. The van der Waals surface area contributed by atoms with E-state index in [0.717, 1.165) is 13.8 Å². The number of hydrogen-bond donors (Lipinski definition) is 13. The Morgan fingerprint density at radius 2 is 1.19 bits per heavy atom. The Labute approximate surface area is 359 Å². The van der Waals surface area contributed by atoms with Gasteiger partial charge in [-0.05, 0) is 6.08 Å². The molecule has 4 heterocycles. The average Bonchev–Trinajstić information content (AvgIpc) is 3.14. The number of amides is 2. The van der Waals surface area contributed by atoms with Gasteiger partial charge in [0.15, 0.2) is 31.1 Å². The molecule has 33 nitrogen and oxygen atoms in total. The molecule has 4 rings (SSSR count). The fourth-order valence-corrected chi connectivity index (χ4v) is 7.93. The van der Waals surface area contributed by atoms with Crippen molar-refractivity contribution in [2.75, 3.05) is 13.2 Å². The van der Waals surface area contributed by atoms with Gasteiger partial charge in [0.2, 0.25) is 23.9 Å². The van der Waals surface area contributed by atoms with Gasteiger partial charge in [-0.3, -0.25) is 23.2 Å². The molecular weight excluding hydrogens is 956 g/mol. The molecule has 0 radical (unpaired) electrons. The molecule has 0 aromatic carbocycles. The van der Waals surface area contributed by atoms with Crippen molar-refractivity contribution < 1.29 is 145 Å². The number of hydrogen-bond acceptors (Lipinski definition) is 26. The first kappa shape index (κ1) is 53.2. The Kier molecular flexibility index (Phi) is 17.5. The van der Waals surface area contributed by atoms with Crippen LogP contribution in [0.2, 0.25) is 0 Å². The quantitative estimate of drug-likeness (QED) is 0.0567. The van der Waals surface area contributed by atoms with E-state index in [-0.39, 0.29) is 0 Å². The normalized spacial score (nSPS) is 38.6. The summed E-state index contributed by atoms with van der Waals surface area (Å²) >= 11 is 0. The van der Waals surface area contributed by atoms with Crippen LogP contribution in [0.5, 0.6) is 0 Å². The Bertz CT molecular complexity index is 2070. The summed E-state index contributed by atoms with van der Waals surface area (Å²) < 4.78 is 149. The van der Waals surface area contributed by atoms with Gasteiger partial charge in [0, 0.05) is 13.8 Å². The summed E-state index contributed by atoms with van der Waals surface area (Å²) in [6.45, 7) is -0.920. The molecule has 4 aliphatic rings. The van der Waals surface area contributed by atoms with E-state index in [9.17, 15) is 98.9 Å². The van der Waals surface area contributed by atoms with Crippen molar-refractivity contribution in [1.82, 2.24) is 10.6 Å². The predicted octanol–water partition coefficient (Wildman–Crippen LogP) is -8.64. The standard InChI is InChI=1S/C28H42N2O31S3/c1-6(32)29-12-20(18(61-64(49,50)51)10(4-31)53-25(12)42)57-27-16(37)15(36)21(22(59-27)24(40)41)58-26-13(30-7(2)33)19(14(35)11(55-26)5-52-62(43,44)45)56-28-17(60-63(46,47)48)8(34)3-9(54-28)23(38)39/h3,8,10-22,25-28,31,34-37,42H,4-5H2,1-2H3,(H,29,32)(H,30,33)(H,38,39)(H,40,41)(H,43,44,45)(H,46,47,48)(H,49,50,51)/t8-,10+,11+,12+,13+,14-,15+,16+,17+,18-,19+,20+,21-,22-,25+,26-,27+,28-/m0/s1. The average molecular weight is 999 g/mol. The molecule has 4 aliphatic heterocycles. The number of carbonyl (C=O) groups excluding carboxylic acids is 2. The monoisotopic (exact) mass is 998 g/mol. The molecule has 36 heteroatoms. The summed E-state index contributed by atoms with van der Waals surface area (Å²) in [5, 5.41) is 88.8. The lowest BCUT2D eigenvalue weighted by Crippen LogP contribution is -2.70. The van der Waals surface area contributed by atoms with Crippen LogP contribution in [0.15, 0.2) is 11.8 Å². The molecule has 368 valence electrons. The third-order valence-corrected chi connectivity index (χ3v) is 10.5. The highest BCUT2D eigenvalue weighted by Crippen LogP contribution is 2.36. The molecule has 0 aromatic heterocycles. The van der Waals surface area contributed by atoms with E-state index < -0.39 is 184 Å². The van der Waals surface area contributed by atoms with Gasteiger partial charge in [0.05, 0.1) is 13.2 Å². The molecule has 3 saturated heterocycles. The molecule has 0 unspecified atom stereocenters. The van der Waals surface area contributed by atoms with Crippen molar-refractivity contribution in [3.8, 4) is 0 Å². The largest absolute Gasteiger partial charge is 0.479 e. The first-order chi connectivity index (χ1) is 29.4. The highest BCUT2D eigenvalue weighted by molar-refractivity contribution is 7.81. The lowest BCUT2D eigenvalue weighted by atomic mass is 9.94. The van der Waals surface area contributed by atoms with E-state index in [1.54, 1.807) is 0 Å². The molecule has 18 atom stereocenters. The number of aliphatic carboxylic acids is 2. The smallest absolute Gasteiger partial charge is 0.397 e. The number of carbonyl (C=O) groups is 4. The van der Waals surface area contributed by atoms with E-state index in [2.05, 4.69) is 23.2 Å². The van der Waals surface area contributed by atoms with Crippen LogP contribution in [0.1, 0.15) is 13.8 Å². The van der Waals surface area contributed by atoms with E-state index >= 15 is 0 Å². The second-order valence-corrected chi connectivity index (χ2v) is 17.0. The molecule has 0 spiro atoms. The molecule has 0 bridgehead atoms.